The van der Waals surface area contributed by atoms with Gasteiger partial charge in [-0.15, -0.1) is 0 Å². The van der Waals surface area contributed by atoms with Gasteiger partial charge in [0.05, 0.1) is 19.8 Å². The first-order valence-electron chi connectivity index (χ1n) is 11.6. The van der Waals surface area contributed by atoms with Gasteiger partial charge < -0.3 is 19.3 Å². The summed E-state index contributed by atoms with van der Waals surface area (Å²) in [4.78, 5) is 14.9. The lowest BCUT2D eigenvalue weighted by Crippen LogP contribution is -2.33. The Kier molecular flexibility index (Phi) is 6.19. The molecule has 3 aromatic carbocycles. The van der Waals surface area contributed by atoms with Gasteiger partial charge in [-0.05, 0) is 60.5 Å². The van der Waals surface area contributed by atoms with Gasteiger partial charge in [0.1, 0.15) is 5.75 Å². The van der Waals surface area contributed by atoms with Crippen LogP contribution in [0.5, 0.6) is 5.75 Å². The minimum absolute atomic E-state index is 0.0628. The van der Waals surface area contributed by atoms with E-state index in [0.717, 1.165) is 35.2 Å². The molecule has 0 spiro atoms. The molecule has 1 N–H and O–H groups in total. The molecule has 5 rings (SSSR count). The zero-order chi connectivity index (χ0) is 23.5. The summed E-state index contributed by atoms with van der Waals surface area (Å²) < 4.78 is 7.25. The summed E-state index contributed by atoms with van der Waals surface area (Å²) in [6, 6.07) is 23.6. The second-order valence-electron chi connectivity index (χ2n) is 8.66. The molecule has 1 aliphatic rings. The van der Waals surface area contributed by atoms with Gasteiger partial charge in [-0.1, -0.05) is 36.4 Å². The zero-order valence-electron chi connectivity index (χ0n) is 19.2. The highest BCUT2D eigenvalue weighted by atomic mass is 16.5. The van der Waals surface area contributed by atoms with Crippen molar-refractivity contribution in [2.24, 2.45) is 0 Å². The van der Waals surface area contributed by atoms with Crippen molar-refractivity contribution >= 4 is 28.4 Å². The average molecular weight is 453 g/mol. The van der Waals surface area contributed by atoms with E-state index in [9.17, 15) is 9.90 Å². The number of hydrogen-bond acceptors (Lipinski definition) is 4. The Morgan fingerprint density at radius 1 is 1.03 bits per heavy atom. The maximum Gasteiger partial charge on any atom is 0.185 e. The maximum absolute atomic E-state index is 12.7. The fourth-order valence-corrected chi connectivity index (χ4v) is 4.71. The number of benzene rings is 3. The zero-order valence-corrected chi connectivity index (χ0v) is 19.2. The number of carbonyl (C=O) groups is 1. The molecular formula is C29H28N2O3. The van der Waals surface area contributed by atoms with Crippen molar-refractivity contribution in [3.8, 4) is 5.75 Å². The standard InChI is InChI=1S/C29H28N2O3/c1-34-25-13-10-22(11-14-25)29(33)15-12-23-18-31(28-9-5-3-7-26(23)28)20-24(32)19-30-17-16-21-6-2-4-8-27(21)30/h2-15,18,24,32H,16-17,19-20H2,1H3/b15-12+. The monoisotopic (exact) mass is 452 g/mol. The second kappa shape index (κ2) is 9.57. The fraction of sp³-hybridized carbons (Fsp3) is 0.207. The summed E-state index contributed by atoms with van der Waals surface area (Å²) in [7, 11) is 1.60. The molecule has 5 heteroatoms. The van der Waals surface area contributed by atoms with Gasteiger partial charge in [0, 0.05) is 47.0 Å². The maximum atomic E-state index is 12.7. The van der Waals surface area contributed by atoms with Crippen LogP contribution >= 0.6 is 0 Å². The first-order valence-corrected chi connectivity index (χ1v) is 11.6. The first-order chi connectivity index (χ1) is 16.6. The topological polar surface area (TPSA) is 54.7 Å². The Morgan fingerprint density at radius 2 is 1.79 bits per heavy atom. The van der Waals surface area contributed by atoms with E-state index in [2.05, 4.69) is 39.8 Å². The van der Waals surface area contributed by atoms with Crippen LogP contribution in [0.1, 0.15) is 21.5 Å². The van der Waals surface area contributed by atoms with Crippen molar-refractivity contribution in [2.45, 2.75) is 19.1 Å². The van der Waals surface area contributed by atoms with E-state index in [1.807, 2.05) is 30.5 Å². The lowest BCUT2D eigenvalue weighted by molar-refractivity contribution is 0.104. The quantitative estimate of drug-likeness (QED) is 0.303. The molecule has 5 nitrogen and oxygen atoms in total. The number of aliphatic hydroxyl groups excluding tert-OH is 1. The third-order valence-corrected chi connectivity index (χ3v) is 6.43. The van der Waals surface area contributed by atoms with E-state index in [1.165, 1.54) is 11.3 Å². The number of nitrogens with zero attached hydrogens (tertiary/aromatic N) is 2. The number of rotatable bonds is 8. The third kappa shape index (κ3) is 4.47. The minimum atomic E-state index is -0.514. The van der Waals surface area contributed by atoms with Gasteiger partial charge in [0.2, 0.25) is 0 Å². The van der Waals surface area contributed by atoms with Crippen molar-refractivity contribution < 1.29 is 14.6 Å². The molecular weight excluding hydrogens is 424 g/mol. The van der Waals surface area contributed by atoms with Crippen LogP contribution in [0.2, 0.25) is 0 Å². The molecule has 1 aliphatic heterocycles. The summed E-state index contributed by atoms with van der Waals surface area (Å²) in [5.41, 5.74) is 5.17. The molecule has 0 bridgehead atoms. The van der Waals surface area contributed by atoms with Crippen LogP contribution in [-0.2, 0) is 13.0 Å². The highest BCUT2D eigenvalue weighted by molar-refractivity contribution is 6.07. The molecule has 0 fully saturated rings. The predicted octanol–water partition coefficient (Wildman–Crippen LogP) is 4.97. The van der Waals surface area contributed by atoms with Crippen molar-refractivity contribution in [1.29, 1.82) is 0 Å². The van der Waals surface area contributed by atoms with Crippen molar-refractivity contribution in [3.63, 3.8) is 0 Å². The van der Waals surface area contributed by atoms with Crippen LogP contribution in [0.3, 0.4) is 0 Å². The molecule has 2 heterocycles. The predicted molar refractivity (Wildman–Crippen MR) is 137 cm³/mol. The van der Waals surface area contributed by atoms with Crippen LogP contribution in [0.4, 0.5) is 5.69 Å². The molecule has 0 radical (unpaired) electrons. The summed E-state index contributed by atoms with van der Waals surface area (Å²) in [6.45, 7) is 2.01. The van der Waals surface area contributed by atoms with E-state index in [0.29, 0.717) is 18.7 Å². The van der Waals surface area contributed by atoms with Gasteiger partial charge >= 0.3 is 0 Å². The first kappa shape index (κ1) is 22.0. The largest absolute Gasteiger partial charge is 0.497 e. The van der Waals surface area contributed by atoms with Crippen LogP contribution in [0.25, 0.3) is 17.0 Å². The van der Waals surface area contributed by atoms with Crippen molar-refractivity contribution in [3.05, 3.63) is 102 Å². The molecule has 4 aromatic rings. The number of β-amino-alcohol motifs (C(OH)–C–C–N with tert-alkyl or cyclic N) is 1. The van der Waals surface area contributed by atoms with E-state index in [4.69, 9.17) is 4.74 Å². The molecule has 0 amide bonds. The number of aromatic nitrogens is 1. The second-order valence-corrected chi connectivity index (χ2v) is 8.66. The lowest BCUT2D eigenvalue weighted by Gasteiger charge is -2.23. The smallest absolute Gasteiger partial charge is 0.185 e. The summed E-state index contributed by atoms with van der Waals surface area (Å²) in [5, 5.41) is 12.0. The minimum Gasteiger partial charge on any atom is -0.497 e. The highest BCUT2D eigenvalue weighted by Gasteiger charge is 2.21. The fourth-order valence-electron chi connectivity index (χ4n) is 4.71. The SMILES string of the molecule is COc1ccc(C(=O)/C=C/c2cn(CC(O)CN3CCc4ccccc43)c3ccccc23)cc1. The van der Waals surface area contributed by atoms with E-state index < -0.39 is 6.10 Å². The number of ketones is 1. The lowest BCUT2D eigenvalue weighted by atomic mass is 10.1. The number of aliphatic hydroxyl groups is 1. The molecule has 0 saturated heterocycles. The summed E-state index contributed by atoms with van der Waals surface area (Å²) in [6.07, 6.45) is 5.98. The third-order valence-electron chi connectivity index (χ3n) is 6.43. The van der Waals surface area contributed by atoms with Gasteiger partial charge in [-0.3, -0.25) is 4.79 Å². The molecule has 1 unspecified atom stereocenters. The highest BCUT2D eigenvalue weighted by Crippen LogP contribution is 2.28. The van der Waals surface area contributed by atoms with Crippen LogP contribution < -0.4 is 9.64 Å². The number of hydrogen-bond donors (Lipinski definition) is 1. The molecule has 172 valence electrons. The van der Waals surface area contributed by atoms with Crippen molar-refractivity contribution in [2.75, 3.05) is 25.1 Å². The van der Waals surface area contributed by atoms with E-state index in [-0.39, 0.29) is 5.78 Å². The Morgan fingerprint density at radius 3 is 2.62 bits per heavy atom. The van der Waals surface area contributed by atoms with Crippen LogP contribution in [-0.4, -0.2) is 41.8 Å². The molecule has 0 saturated carbocycles. The molecule has 0 aliphatic carbocycles. The number of allylic oxidation sites excluding steroid dienone is 1. The summed E-state index contributed by atoms with van der Waals surface area (Å²) in [5.74, 6) is 0.659. The number of para-hydroxylation sites is 2. The van der Waals surface area contributed by atoms with E-state index >= 15 is 0 Å². The van der Waals surface area contributed by atoms with Gasteiger partial charge in [-0.2, -0.15) is 0 Å². The molecule has 34 heavy (non-hydrogen) atoms. The molecule has 1 atom stereocenters. The van der Waals surface area contributed by atoms with Crippen LogP contribution in [0.15, 0.2) is 85.1 Å². The van der Waals surface area contributed by atoms with Crippen LogP contribution in [0, 0.1) is 0 Å². The average Bonchev–Trinajstić information content (AvgIpc) is 3.44. The number of carbonyl (C=O) groups excluding carboxylic acids is 1. The Bertz CT molecular complexity index is 1340. The Hall–Kier alpha value is -3.83. The van der Waals surface area contributed by atoms with Gasteiger partial charge in [-0.25, -0.2) is 0 Å². The normalized spacial score (nSPS) is 14.0. The van der Waals surface area contributed by atoms with Gasteiger partial charge in [0.25, 0.3) is 0 Å². The van der Waals surface area contributed by atoms with E-state index in [1.54, 1.807) is 37.5 Å². The number of anilines is 1. The molecule has 1 aromatic heterocycles. The Labute approximate surface area is 199 Å². The number of methoxy groups -OCH3 is 1. The van der Waals surface area contributed by atoms with Gasteiger partial charge in [0.15, 0.2) is 5.78 Å². The Balaban J connectivity index is 1.33. The number of ether oxygens (including phenoxy) is 1. The number of fused-ring (bicyclic) bond motifs is 2. The van der Waals surface area contributed by atoms with Crippen molar-refractivity contribution in [1.82, 2.24) is 4.57 Å². The summed E-state index contributed by atoms with van der Waals surface area (Å²) >= 11 is 0.